The number of rotatable bonds is 4. The maximum atomic E-state index is 11.1. The van der Waals surface area contributed by atoms with Gasteiger partial charge < -0.3 is 15.2 Å². The maximum absolute atomic E-state index is 11.1. The predicted molar refractivity (Wildman–Crippen MR) is 52.9 cm³/mol. The van der Waals surface area contributed by atoms with E-state index in [1.54, 1.807) is 0 Å². The van der Waals surface area contributed by atoms with Crippen LogP contribution in [0.3, 0.4) is 0 Å². The van der Waals surface area contributed by atoms with Gasteiger partial charge >= 0.3 is 0 Å². The van der Waals surface area contributed by atoms with Gasteiger partial charge in [-0.05, 0) is 31.6 Å². The first-order valence-electron chi connectivity index (χ1n) is 5.16. The molecule has 0 unspecified atom stereocenters. The van der Waals surface area contributed by atoms with Crippen molar-refractivity contribution in [3.8, 4) is 0 Å². The minimum absolute atomic E-state index is 0.0568. The molecule has 1 aliphatic carbocycles. The molecular formula is C10H19NO3. The normalized spacial score (nSPS) is 27.3. The van der Waals surface area contributed by atoms with E-state index in [-0.39, 0.29) is 18.6 Å². The Morgan fingerprint density at radius 3 is 2.64 bits per heavy atom. The van der Waals surface area contributed by atoms with E-state index in [4.69, 9.17) is 4.74 Å². The molecule has 1 saturated carbocycles. The molecule has 1 amide bonds. The van der Waals surface area contributed by atoms with E-state index < -0.39 is 0 Å². The molecule has 0 aromatic heterocycles. The van der Waals surface area contributed by atoms with Gasteiger partial charge in [0.1, 0.15) is 6.61 Å². The Bertz CT molecular complexity index is 176. The molecule has 82 valence electrons. The Balaban J connectivity index is 2.09. The molecule has 0 aromatic rings. The fourth-order valence-corrected chi connectivity index (χ4v) is 1.79. The molecule has 1 rings (SSSR count). The van der Waals surface area contributed by atoms with Crippen LogP contribution < -0.4 is 5.32 Å². The lowest BCUT2D eigenvalue weighted by atomic mass is 9.87. The largest absolute Gasteiger partial charge is 0.393 e. The van der Waals surface area contributed by atoms with Crippen molar-refractivity contribution >= 4 is 5.91 Å². The van der Waals surface area contributed by atoms with Crippen LogP contribution in [0.2, 0.25) is 0 Å². The highest BCUT2D eigenvalue weighted by atomic mass is 16.5. The number of carbonyl (C=O) groups excluding carboxylic acids is 1. The summed E-state index contributed by atoms with van der Waals surface area (Å²) in [6.07, 6.45) is 3.62. The summed E-state index contributed by atoms with van der Waals surface area (Å²) in [5.74, 6) is 0.470. The van der Waals surface area contributed by atoms with Gasteiger partial charge in [0.15, 0.2) is 0 Å². The first kappa shape index (κ1) is 11.5. The topological polar surface area (TPSA) is 58.6 Å². The van der Waals surface area contributed by atoms with Gasteiger partial charge in [0.2, 0.25) is 5.91 Å². The van der Waals surface area contributed by atoms with E-state index in [1.807, 2.05) is 0 Å². The zero-order valence-electron chi connectivity index (χ0n) is 8.66. The molecule has 14 heavy (non-hydrogen) atoms. The van der Waals surface area contributed by atoms with Crippen molar-refractivity contribution in [2.75, 3.05) is 20.3 Å². The number of nitrogens with one attached hydrogen (secondary N) is 1. The van der Waals surface area contributed by atoms with Crippen molar-refractivity contribution in [2.24, 2.45) is 5.92 Å². The minimum atomic E-state index is -0.124. The molecular weight excluding hydrogens is 182 g/mol. The Kier molecular flexibility index (Phi) is 4.90. The average Bonchev–Trinajstić information content (AvgIpc) is 2.17. The number of hydrogen-bond donors (Lipinski definition) is 2. The molecule has 1 aliphatic rings. The summed E-state index contributed by atoms with van der Waals surface area (Å²) < 4.78 is 4.71. The lowest BCUT2D eigenvalue weighted by Gasteiger charge is -2.25. The highest BCUT2D eigenvalue weighted by Crippen LogP contribution is 2.23. The van der Waals surface area contributed by atoms with E-state index in [0.29, 0.717) is 5.92 Å². The number of ether oxygens (including phenoxy) is 1. The third kappa shape index (κ3) is 4.07. The molecule has 0 spiro atoms. The van der Waals surface area contributed by atoms with E-state index in [1.165, 1.54) is 7.11 Å². The lowest BCUT2D eigenvalue weighted by molar-refractivity contribution is -0.124. The maximum Gasteiger partial charge on any atom is 0.245 e. The van der Waals surface area contributed by atoms with E-state index >= 15 is 0 Å². The number of hydrogen-bond acceptors (Lipinski definition) is 3. The van der Waals surface area contributed by atoms with Gasteiger partial charge in [-0.3, -0.25) is 4.79 Å². The predicted octanol–water partition coefficient (Wildman–Crippen LogP) is 0.300. The van der Waals surface area contributed by atoms with E-state index in [9.17, 15) is 9.90 Å². The first-order valence-corrected chi connectivity index (χ1v) is 5.16. The highest BCUT2D eigenvalue weighted by molar-refractivity contribution is 5.77. The zero-order chi connectivity index (χ0) is 10.4. The third-order valence-corrected chi connectivity index (χ3v) is 2.68. The number of aliphatic hydroxyl groups is 1. The molecule has 0 aromatic carbocycles. The number of carbonyl (C=O) groups is 1. The lowest BCUT2D eigenvalue weighted by Crippen LogP contribution is -2.34. The molecule has 0 saturated heterocycles. The second-order valence-electron chi connectivity index (χ2n) is 3.91. The second kappa shape index (κ2) is 5.98. The third-order valence-electron chi connectivity index (χ3n) is 2.68. The molecule has 4 heteroatoms. The Hall–Kier alpha value is -0.610. The van der Waals surface area contributed by atoms with Crippen LogP contribution >= 0.6 is 0 Å². The van der Waals surface area contributed by atoms with Crippen LogP contribution in [0, 0.1) is 5.92 Å². The summed E-state index contributed by atoms with van der Waals surface area (Å²) in [5, 5.41) is 12.1. The van der Waals surface area contributed by atoms with Crippen LogP contribution in [-0.4, -0.2) is 37.4 Å². The second-order valence-corrected chi connectivity index (χ2v) is 3.91. The minimum Gasteiger partial charge on any atom is -0.393 e. The van der Waals surface area contributed by atoms with E-state index in [0.717, 1.165) is 32.2 Å². The summed E-state index contributed by atoms with van der Waals surface area (Å²) >= 11 is 0. The molecule has 1 fully saturated rings. The quantitative estimate of drug-likeness (QED) is 0.687. The van der Waals surface area contributed by atoms with Crippen molar-refractivity contribution in [1.82, 2.24) is 5.32 Å². The Morgan fingerprint density at radius 2 is 2.07 bits per heavy atom. The molecule has 2 N–H and O–H groups in total. The van der Waals surface area contributed by atoms with E-state index in [2.05, 4.69) is 5.32 Å². The van der Waals surface area contributed by atoms with Crippen LogP contribution in [0.4, 0.5) is 0 Å². The fourth-order valence-electron chi connectivity index (χ4n) is 1.79. The Morgan fingerprint density at radius 1 is 1.43 bits per heavy atom. The van der Waals surface area contributed by atoms with Gasteiger partial charge in [0.25, 0.3) is 0 Å². The molecule has 0 heterocycles. The summed E-state index contributed by atoms with van der Waals surface area (Å²) in [7, 11) is 1.51. The first-order chi connectivity index (χ1) is 6.72. The molecule has 0 radical (unpaired) electrons. The van der Waals surface area contributed by atoms with Crippen molar-refractivity contribution < 1.29 is 14.6 Å². The molecule has 0 aliphatic heterocycles. The van der Waals surface area contributed by atoms with Crippen LogP contribution in [0.1, 0.15) is 25.7 Å². The van der Waals surface area contributed by atoms with Crippen molar-refractivity contribution in [2.45, 2.75) is 31.8 Å². The SMILES string of the molecule is COCC(=O)NCC1CCC(O)CC1. The van der Waals surface area contributed by atoms with Gasteiger partial charge in [-0.25, -0.2) is 0 Å². The van der Waals surface area contributed by atoms with Gasteiger partial charge in [0, 0.05) is 13.7 Å². The van der Waals surface area contributed by atoms with Crippen LogP contribution in [0.5, 0.6) is 0 Å². The van der Waals surface area contributed by atoms with Gasteiger partial charge in [-0.1, -0.05) is 0 Å². The van der Waals surface area contributed by atoms with Gasteiger partial charge in [0.05, 0.1) is 6.10 Å². The molecule has 0 bridgehead atoms. The molecule has 0 atom stereocenters. The fraction of sp³-hybridized carbons (Fsp3) is 0.900. The summed E-state index contributed by atoms with van der Waals surface area (Å²) in [6.45, 7) is 0.851. The van der Waals surface area contributed by atoms with Crippen LogP contribution in [-0.2, 0) is 9.53 Å². The van der Waals surface area contributed by atoms with Crippen molar-refractivity contribution in [3.63, 3.8) is 0 Å². The van der Waals surface area contributed by atoms with Crippen molar-refractivity contribution in [3.05, 3.63) is 0 Å². The van der Waals surface area contributed by atoms with Crippen molar-refractivity contribution in [1.29, 1.82) is 0 Å². The standard InChI is InChI=1S/C10H19NO3/c1-14-7-10(13)11-6-8-2-4-9(12)5-3-8/h8-9,12H,2-7H2,1H3,(H,11,13). The summed E-state index contributed by atoms with van der Waals surface area (Å²) in [5.41, 5.74) is 0. The summed E-state index contributed by atoms with van der Waals surface area (Å²) in [6, 6.07) is 0. The average molecular weight is 201 g/mol. The molecule has 4 nitrogen and oxygen atoms in total. The van der Waals surface area contributed by atoms with Crippen LogP contribution in [0.15, 0.2) is 0 Å². The zero-order valence-corrected chi connectivity index (χ0v) is 8.66. The number of aliphatic hydroxyl groups excluding tert-OH is 1. The monoisotopic (exact) mass is 201 g/mol. The summed E-state index contributed by atoms with van der Waals surface area (Å²) in [4.78, 5) is 11.1. The Labute approximate surface area is 84.6 Å². The number of methoxy groups -OCH3 is 1. The number of amides is 1. The highest BCUT2D eigenvalue weighted by Gasteiger charge is 2.19. The van der Waals surface area contributed by atoms with Crippen LogP contribution in [0.25, 0.3) is 0 Å². The smallest absolute Gasteiger partial charge is 0.245 e. The van der Waals surface area contributed by atoms with Gasteiger partial charge in [-0.2, -0.15) is 0 Å². The van der Waals surface area contributed by atoms with Gasteiger partial charge in [-0.15, -0.1) is 0 Å².